The van der Waals surface area contributed by atoms with E-state index in [4.69, 9.17) is 14.1 Å². The third-order valence-electron chi connectivity index (χ3n) is 17.4. The summed E-state index contributed by atoms with van der Waals surface area (Å²) in [6.07, 6.45) is 5.72. The number of pyridine rings is 1. The second-order valence-electron chi connectivity index (χ2n) is 24.8. The minimum absolute atomic E-state index is 0.0507. The van der Waals surface area contributed by atoms with Crippen LogP contribution in [0, 0.1) is 6.33 Å². The van der Waals surface area contributed by atoms with Gasteiger partial charge in [-0.05, 0) is 164 Å². The van der Waals surface area contributed by atoms with Crippen molar-refractivity contribution in [3.63, 3.8) is 0 Å². The Bertz CT molecular complexity index is 5990. The van der Waals surface area contributed by atoms with Crippen LogP contribution in [0.3, 0.4) is 0 Å². The lowest BCUT2D eigenvalue weighted by molar-refractivity contribution is -0.571. The number of benzene rings is 11. The van der Waals surface area contributed by atoms with Crippen LogP contribution in [0.25, 0.3) is 144 Å². The van der Waals surface area contributed by atoms with Crippen molar-refractivity contribution < 1.29 is 24.7 Å². The maximum atomic E-state index is 10.2. The molecule has 11 aromatic carbocycles. The average molecular weight is 1130 g/mol. The number of imidazole rings is 1. The summed E-state index contributed by atoms with van der Waals surface area (Å²) in [6.45, 7) is 12.9. The van der Waals surface area contributed by atoms with Crippen LogP contribution in [0.15, 0.2) is 253 Å². The van der Waals surface area contributed by atoms with Crippen LogP contribution in [0.2, 0.25) is 0 Å². The monoisotopic (exact) mass is 1130 g/mol. The van der Waals surface area contributed by atoms with E-state index < -0.39 is 41.7 Å². The summed E-state index contributed by atoms with van der Waals surface area (Å²) in [5, 5.41) is 6.01. The largest absolute Gasteiger partial charge is 0.458 e. The highest BCUT2D eigenvalue weighted by molar-refractivity contribution is 6.12. The summed E-state index contributed by atoms with van der Waals surface area (Å²) in [4.78, 5) is 4.93. The number of hydrogen-bond acceptors (Lipinski definition) is 3. The van der Waals surface area contributed by atoms with Crippen molar-refractivity contribution in [1.29, 1.82) is 0 Å². The molecule has 6 heterocycles. The number of ether oxygens (including phenoxy) is 1. The summed E-state index contributed by atoms with van der Waals surface area (Å²) in [5.41, 5.74) is 11.8. The molecule has 7 heteroatoms. The highest BCUT2D eigenvalue weighted by Gasteiger charge is 2.30. The van der Waals surface area contributed by atoms with Crippen molar-refractivity contribution in [2.24, 2.45) is 0 Å². The molecule has 0 bridgehead atoms. The Morgan fingerprint density at radius 1 is 0.448 bits per heavy atom. The van der Waals surface area contributed by atoms with Gasteiger partial charge in [-0.25, -0.2) is 4.98 Å². The fourth-order valence-electron chi connectivity index (χ4n) is 13.3. The quantitative estimate of drug-likeness (QED) is 0.123. The molecule has 0 amide bonds. The summed E-state index contributed by atoms with van der Waals surface area (Å²) in [5.74, 6) is 1.90. The van der Waals surface area contributed by atoms with E-state index in [2.05, 4.69) is 142 Å². The van der Waals surface area contributed by atoms with Crippen LogP contribution >= 0.6 is 0 Å². The van der Waals surface area contributed by atoms with Crippen molar-refractivity contribution in [3.05, 3.63) is 266 Å². The Morgan fingerprint density at radius 2 is 1.06 bits per heavy atom. The van der Waals surface area contributed by atoms with E-state index in [0.717, 1.165) is 93.6 Å². The van der Waals surface area contributed by atoms with E-state index in [1.54, 1.807) is 0 Å². The average Bonchev–Trinajstić information content (AvgIpc) is 1.61. The van der Waals surface area contributed by atoms with Gasteiger partial charge in [-0.2, -0.15) is 0 Å². The molecule has 0 atom stereocenters. The number of hydrogen-bond donors (Lipinski definition) is 0. The minimum atomic E-state index is -0.594. The number of fused-ring (bicyclic) bond motifs is 16. The van der Waals surface area contributed by atoms with Gasteiger partial charge >= 0.3 is 0 Å². The zero-order chi connectivity index (χ0) is 65.4. The van der Waals surface area contributed by atoms with Gasteiger partial charge in [0, 0.05) is 50.3 Å². The lowest BCUT2D eigenvalue weighted by atomic mass is 9.79. The predicted octanol–water partition coefficient (Wildman–Crippen LogP) is 20.6. The Morgan fingerprint density at radius 3 is 1.75 bits per heavy atom. The van der Waals surface area contributed by atoms with Crippen molar-refractivity contribution in [2.75, 3.05) is 0 Å². The van der Waals surface area contributed by atoms with Gasteiger partial charge in [-0.1, -0.05) is 181 Å². The molecule has 16 aromatic rings. The first-order valence-electron chi connectivity index (χ1n) is 33.3. The Hall–Kier alpha value is -10.8. The first kappa shape index (κ1) is 43.0. The van der Waals surface area contributed by atoms with Crippen molar-refractivity contribution in [3.8, 4) is 78.9 Å². The maximum Gasteiger partial charge on any atom is 0.269 e. The van der Waals surface area contributed by atoms with E-state index in [9.17, 15) is 11.0 Å². The summed E-state index contributed by atoms with van der Waals surface area (Å²) in [6, 6.07) is 61.3. The summed E-state index contributed by atoms with van der Waals surface area (Å²) >= 11 is 0. The van der Waals surface area contributed by atoms with Crippen LogP contribution in [-0.4, -0.2) is 18.7 Å². The molecule has 0 unspecified atom stereocenters. The van der Waals surface area contributed by atoms with Gasteiger partial charge in [-0.3, -0.25) is 13.7 Å². The van der Waals surface area contributed by atoms with Gasteiger partial charge < -0.3 is 13.7 Å². The molecule has 0 saturated carbocycles. The first-order chi connectivity index (χ1) is 45.7. The van der Waals surface area contributed by atoms with Crippen LogP contribution in [-0.2, 0) is 10.8 Å². The van der Waals surface area contributed by atoms with Crippen LogP contribution < -0.4 is 9.30 Å². The first-order valence-corrected chi connectivity index (χ1v) is 29.3. The molecule has 1 aliphatic heterocycles. The number of para-hydroxylation sites is 4. The Kier molecular flexibility index (Phi) is 9.32. The van der Waals surface area contributed by atoms with E-state index in [1.807, 2.05) is 125 Å². The van der Waals surface area contributed by atoms with Crippen molar-refractivity contribution in [1.82, 2.24) is 18.7 Å². The van der Waals surface area contributed by atoms with Crippen molar-refractivity contribution in [2.45, 2.75) is 52.4 Å². The molecule has 0 saturated heterocycles. The van der Waals surface area contributed by atoms with Gasteiger partial charge in [0.15, 0.2) is 0 Å². The fourth-order valence-corrected chi connectivity index (χ4v) is 13.3. The predicted molar refractivity (Wildman–Crippen MR) is 357 cm³/mol. The van der Waals surface area contributed by atoms with Gasteiger partial charge in [0.1, 0.15) is 28.5 Å². The summed E-state index contributed by atoms with van der Waals surface area (Å²) < 4.78 is 99.7. The number of nitrogens with zero attached hydrogens (tertiary/aromatic N) is 5. The lowest BCUT2D eigenvalue weighted by Crippen LogP contribution is -2.31. The topological polar surface area (TPSA) is 53.9 Å². The Labute approximate surface area is 515 Å². The molecule has 0 radical (unpaired) electrons. The summed E-state index contributed by atoms with van der Waals surface area (Å²) in [7, 11) is 0. The Balaban J connectivity index is 0.985. The molecule has 0 spiro atoms. The van der Waals surface area contributed by atoms with Crippen LogP contribution in [0.1, 0.15) is 63.6 Å². The number of rotatable bonds is 6. The normalized spacial score (nSPS) is 13.8. The molecule has 87 heavy (non-hydrogen) atoms. The van der Waals surface area contributed by atoms with E-state index in [-0.39, 0.29) is 39.8 Å². The smallest absolute Gasteiger partial charge is 0.269 e. The van der Waals surface area contributed by atoms with Gasteiger partial charge in [0.2, 0.25) is 0 Å². The standard InChI is InChI=1S/C80H59N5O2/c1-79(2,3)50-38-39-81-77(41-50)85-71-32-17-13-28-61(71)62-36-35-54(45-73(62)85)86-53-21-19-20-51(42-53)82-48-83-72-47-64(49-34-37-76-66(40-49)63-29-14-18-33-75(63)87-76)68(80(4,5)6)46-65(72)57-24-9-7-22-55(57)56-23-8-10-25-58(56)67-43-52(44-74(82)78(67)83)84-69-30-15-11-26-59(69)60-27-12-16-31-70(60)84/h7-47H,1-6H3/i7D,8D,9D,10D,22D,23D,24D,25D. The van der Waals surface area contributed by atoms with Crippen LogP contribution in [0.4, 0.5) is 0 Å². The zero-order valence-corrected chi connectivity index (χ0v) is 48.6. The van der Waals surface area contributed by atoms with E-state index in [1.165, 1.54) is 0 Å². The minimum Gasteiger partial charge on any atom is -0.458 e. The second kappa shape index (κ2) is 18.9. The molecule has 0 aliphatic carbocycles. The highest BCUT2D eigenvalue weighted by atomic mass is 16.5. The molecular formula is C80H59N5O2. The molecule has 5 aromatic heterocycles. The van der Waals surface area contributed by atoms with E-state index in [0.29, 0.717) is 50.7 Å². The molecule has 0 N–H and O–H groups in total. The third-order valence-corrected chi connectivity index (χ3v) is 17.4. The lowest BCUT2D eigenvalue weighted by Gasteiger charge is -2.27. The number of aromatic nitrogens is 5. The highest BCUT2D eigenvalue weighted by Crippen LogP contribution is 2.48. The van der Waals surface area contributed by atoms with E-state index >= 15 is 0 Å². The third kappa shape index (κ3) is 7.96. The van der Waals surface area contributed by atoms with Gasteiger partial charge in [-0.15, -0.1) is 0 Å². The SMILES string of the molecule is [2H]c1c([2H])c([2H])c2c(c1[2H])-c1cc(C(C)(C)C)c(-c3ccc4oc5ccccc5c4c3)cc1-[n+]1[c-]n(-c3cccc(Oc4ccc5c6ccccc6n(-c6cc(C(C)(C)C)ccn6)c5c4)c3)c3cc(-n4c5ccccc5c5ccccc54)cc(c31)-c1c([2H])c([2H])c([2H])c([2H])c1-2. The van der Waals surface area contributed by atoms with Crippen LogP contribution in [0.5, 0.6) is 11.5 Å². The fraction of sp³-hybridized carbons (Fsp3) is 0.100. The maximum absolute atomic E-state index is 10.2. The zero-order valence-electron chi connectivity index (χ0n) is 56.6. The van der Waals surface area contributed by atoms with Crippen molar-refractivity contribution >= 4 is 76.6 Å². The second-order valence-corrected chi connectivity index (χ2v) is 24.8. The molecule has 0 fully saturated rings. The number of furan rings is 1. The molecule has 17 rings (SSSR count). The molecule has 416 valence electrons. The van der Waals surface area contributed by atoms with Gasteiger partial charge in [0.25, 0.3) is 6.33 Å². The molecule has 1 aliphatic rings. The van der Waals surface area contributed by atoms with Gasteiger partial charge in [0.05, 0.1) is 55.4 Å². The molecule has 7 nitrogen and oxygen atoms in total. The molecular weight excluding hydrogens is 1060 g/mol.